The first-order valence-corrected chi connectivity index (χ1v) is 7.51. The first-order chi connectivity index (χ1) is 10.1. The Hall–Kier alpha value is -1.84. The maximum atomic E-state index is 12.8. The number of fused-ring (bicyclic) bond motifs is 1. The number of anilines is 1. The Labute approximate surface area is 135 Å². The Kier molecular flexibility index (Phi) is 3.70. The molecule has 0 atom stereocenters. The number of rotatable bonds is 2. The second kappa shape index (κ2) is 5.51. The molecule has 3 aromatic carbocycles. The summed E-state index contributed by atoms with van der Waals surface area (Å²) in [4.78, 5) is 12.8. The molecule has 0 saturated heterocycles. The number of benzene rings is 3. The van der Waals surface area contributed by atoms with Gasteiger partial charge in [-0.2, -0.15) is 0 Å². The summed E-state index contributed by atoms with van der Waals surface area (Å²) in [5.41, 5.74) is 7.52. The number of hydrogen-bond donors (Lipinski definition) is 1. The summed E-state index contributed by atoms with van der Waals surface area (Å²) < 4.78 is 0.782. The standard InChI is InChI=1S/C17H11BrClNO/c18-11-7-10(8-12(20)9-11)17(21)15-5-6-16(19)14-4-2-1-3-13(14)15/h1-9H,20H2. The van der Waals surface area contributed by atoms with E-state index in [0.717, 1.165) is 15.2 Å². The fourth-order valence-electron chi connectivity index (χ4n) is 2.36. The van der Waals surface area contributed by atoms with Crippen LogP contribution in [0.3, 0.4) is 0 Å². The quantitative estimate of drug-likeness (QED) is 0.512. The number of ketones is 1. The third kappa shape index (κ3) is 2.67. The van der Waals surface area contributed by atoms with Crippen LogP contribution in [0.15, 0.2) is 59.1 Å². The molecule has 2 N–H and O–H groups in total. The highest BCUT2D eigenvalue weighted by molar-refractivity contribution is 9.10. The molecule has 0 bridgehead atoms. The molecule has 0 aliphatic carbocycles. The molecule has 4 heteroatoms. The van der Waals surface area contributed by atoms with E-state index in [0.29, 0.717) is 21.8 Å². The summed E-state index contributed by atoms with van der Waals surface area (Å²) >= 11 is 9.55. The summed E-state index contributed by atoms with van der Waals surface area (Å²) in [6.45, 7) is 0. The summed E-state index contributed by atoms with van der Waals surface area (Å²) in [7, 11) is 0. The van der Waals surface area contributed by atoms with Gasteiger partial charge in [0.2, 0.25) is 0 Å². The first-order valence-electron chi connectivity index (χ1n) is 6.34. The molecule has 0 aliphatic rings. The molecule has 0 amide bonds. The van der Waals surface area contributed by atoms with E-state index >= 15 is 0 Å². The second-order valence-corrected chi connectivity index (χ2v) is 6.07. The van der Waals surface area contributed by atoms with Crippen molar-refractivity contribution in [1.82, 2.24) is 0 Å². The summed E-state index contributed by atoms with van der Waals surface area (Å²) in [5, 5.41) is 2.34. The molecule has 3 rings (SSSR count). The molecule has 0 aromatic heterocycles. The minimum Gasteiger partial charge on any atom is -0.399 e. The highest BCUT2D eigenvalue weighted by Gasteiger charge is 2.14. The molecule has 0 saturated carbocycles. The van der Waals surface area contributed by atoms with Crippen molar-refractivity contribution in [3.63, 3.8) is 0 Å². The van der Waals surface area contributed by atoms with E-state index in [1.807, 2.05) is 24.3 Å². The molecular formula is C17H11BrClNO. The van der Waals surface area contributed by atoms with E-state index in [4.69, 9.17) is 17.3 Å². The highest BCUT2D eigenvalue weighted by Crippen LogP contribution is 2.29. The van der Waals surface area contributed by atoms with E-state index in [-0.39, 0.29) is 5.78 Å². The van der Waals surface area contributed by atoms with Crippen molar-refractivity contribution in [1.29, 1.82) is 0 Å². The van der Waals surface area contributed by atoms with Gasteiger partial charge < -0.3 is 5.73 Å². The summed E-state index contributed by atoms with van der Waals surface area (Å²) in [6.07, 6.45) is 0. The Balaban J connectivity index is 2.20. The van der Waals surface area contributed by atoms with Gasteiger partial charge in [-0.05, 0) is 35.7 Å². The lowest BCUT2D eigenvalue weighted by Gasteiger charge is -2.08. The SMILES string of the molecule is Nc1cc(Br)cc(C(=O)c2ccc(Cl)c3ccccc23)c1. The van der Waals surface area contributed by atoms with Crippen LogP contribution in [0.2, 0.25) is 5.02 Å². The Bertz CT molecular complexity index is 840. The minimum atomic E-state index is -0.0733. The van der Waals surface area contributed by atoms with Crippen LogP contribution in [0.1, 0.15) is 15.9 Å². The molecule has 21 heavy (non-hydrogen) atoms. The smallest absolute Gasteiger partial charge is 0.193 e. The monoisotopic (exact) mass is 359 g/mol. The molecule has 104 valence electrons. The van der Waals surface area contributed by atoms with Crippen LogP contribution in [0.25, 0.3) is 10.8 Å². The molecular weight excluding hydrogens is 350 g/mol. The molecule has 0 unspecified atom stereocenters. The van der Waals surface area contributed by atoms with E-state index in [1.165, 1.54) is 0 Å². The van der Waals surface area contributed by atoms with Crippen LogP contribution < -0.4 is 5.73 Å². The zero-order valence-electron chi connectivity index (χ0n) is 10.9. The van der Waals surface area contributed by atoms with Crippen molar-refractivity contribution >= 4 is 49.8 Å². The van der Waals surface area contributed by atoms with Crippen molar-refractivity contribution < 1.29 is 4.79 Å². The predicted molar refractivity (Wildman–Crippen MR) is 90.9 cm³/mol. The van der Waals surface area contributed by atoms with Gasteiger partial charge in [0.05, 0.1) is 0 Å². The van der Waals surface area contributed by atoms with Gasteiger partial charge in [0.1, 0.15) is 0 Å². The zero-order valence-corrected chi connectivity index (χ0v) is 13.3. The molecule has 0 spiro atoms. The Morgan fingerprint density at radius 2 is 1.71 bits per heavy atom. The number of halogens is 2. The van der Waals surface area contributed by atoms with Crippen molar-refractivity contribution in [3.8, 4) is 0 Å². The molecule has 0 aliphatic heterocycles. The maximum Gasteiger partial charge on any atom is 0.193 e. The van der Waals surface area contributed by atoms with Gasteiger partial charge in [0.25, 0.3) is 0 Å². The fourth-order valence-corrected chi connectivity index (χ4v) is 3.10. The lowest BCUT2D eigenvalue weighted by molar-refractivity contribution is 0.104. The van der Waals surface area contributed by atoms with Gasteiger partial charge in [0.15, 0.2) is 5.78 Å². The molecule has 3 aromatic rings. The Morgan fingerprint density at radius 3 is 2.43 bits per heavy atom. The van der Waals surface area contributed by atoms with Crippen LogP contribution in [0, 0.1) is 0 Å². The highest BCUT2D eigenvalue weighted by atomic mass is 79.9. The maximum absolute atomic E-state index is 12.8. The largest absolute Gasteiger partial charge is 0.399 e. The molecule has 0 fully saturated rings. The lowest BCUT2D eigenvalue weighted by atomic mass is 9.97. The number of hydrogen-bond acceptors (Lipinski definition) is 2. The predicted octanol–water partition coefficient (Wildman–Crippen LogP) is 5.07. The van der Waals surface area contributed by atoms with E-state index in [1.54, 1.807) is 30.3 Å². The average molecular weight is 361 g/mol. The summed E-state index contributed by atoms with van der Waals surface area (Å²) in [6, 6.07) is 16.3. The Morgan fingerprint density at radius 1 is 1.00 bits per heavy atom. The van der Waals surface area contributed by atoms with Crippen molar-refractivity contribution in [2.45, 2.75) is 0 Å². The van der Waals surface area contributed by atoms with Gasteiger partial charge in [-0.1, -0.05) is 51.8 Å². The molecule has 2 nitrogen and oxygen atoms in total. The van der Waals surface area contributed by atoms with Crippen LogP contribution in [0.5, 0.6) is 0 Å². The first kappa shape index (κ1) is 14.1. The van der Waals surface area contributed by atoms with E-state index in [2.05, 4.69) is 15.9 Å². The molecule has 0 heterocycles. The number of carbonyl (C=O) groups excluding carboxylic acids is 1. The van der Waals surface area contributed by atoms with Gasteiger partial charge in [-0.15, -0.1) is 0 Å². The third-order valence-electron chi connectivity index (χ3n) is 3.30. The van der Waals surface area contributed by atoms with Gasteiger partial charge >= 0.3 is 0 Å². The van der Waals surface area contributed by atoms with Crippen LogP contribution in [-0.4, -0.2) is 5.78 Å². The van der Waals surface area contributed by atoms with Gasteiger partial charge in [-0.25, -0.2) is 0 Å². The summed E-state index contributed by atoms with van der Waals surface area (Å²) in [5.74, 6) is -0.0733. The normalized spacial score (nSPS) is 10.8. The van der Waals surface area contributed by atoms with E-state index in [9.17, 15) is 4.79 Å². The topological polar surface area (TPSA) is 43.1 Å². The van der Waals surface area contributed by atoms with Gasteiger partial charge in [-0.3, -0.25) is 4.79 Å². The fraction of sp³-hybridized carbons (Fsp3) is 0. The van der Waals surface area contributed by atoms with Crippen LogP contribution >= 0.6 is 27.5 Å². The lowest BCUT2D eigenvalue weighted by Crippen LogP contribution is -2.03. The second-order valence-electron chi connectivity index (χ2n) is 4.74. The van der Waals surface area contributed by atoms with Crippen molar-refractivity contribution in [3.05, 3.63) is 75.2 Å². The molecule has 0 radical (unpaired) electrons. The number of nitrogen functional groups attached to an aromatic ring is 1. The van der Waals surface area contributed by atoms with E-state index < -0.39 is 0 Å². The minimum absolute atomic E-state index is 0.0733. The van der Waals surface area contributed by atoms with Crippen LogP contribution in [-0.2, 0) is 0 Å². The van der Waals surface area contributed by atoms with Crippen molar-refractivity contribution in [2.75, 3.05) is 5.73 Å². The van der Waals surface area contributed by atoms with Crippen molar-refractivity contribution in [2.24, 2.45) is 0 Å². The number of carbonyl (C=O) groups is 1. The zero-order chi connectivity index (χ0) is 15.0. The average Bonchev–Trinajstić information content (AvgIpc) is 2.46. The third-order valence-corrected chi connectivity index (χ3v) is 4.09. The van der Waals surface area contributed by atoms with Gasteiger partial charge in [0, 0.05) is 31.7 Å². The number of nitrogens with two attached hydrogens (primary N) is 1. The van der Waals surface area contributed by atoms with Crippen LogP contribution in [0.4, 0.5) is 5.69 Å².